The lowest BCUT2D eigenvalue weighted by atomic mass is 10.1. The number of hydrazine groups is 1. The van der Waals surface area contributed by atoms with Crippen LogP contribution < -0.4 is 15.6 Å². The maximum atomic E-state index is 12.0. The summed E-state index contributed by atoms with van der Waals surface area (Å²) in [6.45, 7) is 4.93. The second kappa shape index (κ2) is 8.19. The first-order valence-corrected chi connectivity index (χ1v) is 7.92. The van der Waals surface area contributed by atoms with Crippen molar-refractivity contribution in [2.75, 3.05) is 6.61 Å². The molecule has 0 aliphatic heterocycles. The molecule has 0 aliphatic carbocycles. The van der Waals surface area contributed by atoms with Crippen LogP contribution in [-0.4, -0.2) is 23.0 Å². The van der Waals surface area contributed by atoms with E-state index in [2.05, 4.69) is 24.7 Å². The third kappa shape index (κ3) is 4.87. The van der Waals surface area contributed by atoms with Gasteiger partial charge in [-0.15, -0.1) is 0 Å². The Hall–Kier alpha value is -2.76. The molecule has 2 aromatic rings. The Labute approximate surface area is 141 Å². The van der Waals surface area contributed by atoms with Gasteiger partial charge in [-0.2, -0.15) is 0 Å². The highest BCUT2D eigenvalue weighted by Crippen LogP contribution is 2.13. The maximum absolute atomic E-state index is 12.0. The van der Waals surface area contributed by atoms with Crippen LogP contribution >= 0.6 is 0 Å². The third-order valence-electron chi connectivity index (χ3n) is 3.55. The Bertz CT molecular complexity index is 690. The quantitative estimate of drug-likeness (QED) is 0.800. The van der Waals surface area contributed by atoms with E-state index in [0.29, 0.717) is 23.8 Å². The van der Waals surface area contributed by atoms with Crippen LogP contribution in [0.1, 0.15) is 41.1 Å². The van der Waals surface area contributed by atoms with Crippen molar-refractivity contribution < 1.29 is 14.3 Å². The van der Waals surface area contributed by atoms with Gasteiger partial charge in [0.05, 0.1) is 6.61 Å². The normalized spacial score (nSPS) is 10.5. The zero-order chi connectivity index (χ0) is 17.5. The Kier molecular flexibility index (Phi) is 6.01. The molecule has 0 spiro atoms. The first-order chi connectivity index (χ1) is 11.5. The van der Waals surface area contributed by atoms with E-state index in [1.807, 2.05) is 0 Å². The predicted molar refractivity (Wildman–Crippen MR) is 91.7 cm³/mol. The minimum atomic E-state index is -0.383. The predicted octanol–water partition coefficient (Wildman–Crippen LogP) is 2.52. The van der Waals surface area contributed by atoms with Crippen LogP contribution in [0.3, 0.4) is 0 Å². The summed E-state index contributed by atoms with van der Waals surface area (Å²) in [6.07, 6.45) is 2.74. The van der Waals surface area contributed by atoms with E-state index in [9.17, 15) is 9.59 Å². The first-order valence-electron chi connectivity index (χ1n) is 7.92. The molecule has 6 nitrogen and oxygen atoms in total. The number of ether oxygens (including phenoxy) is 1. The van der Waals surface area contributed by atoms with Gasteiger partial charge in [-0.1, -0.05) is 13.8 Å². The molecule has 2 N–H and O–H groups in total. The Morgan fingerprint density at radius 3 is 2.33 bits per heavy atom. The zero-order valence-corrected chi connectivity index (χ0v) is 14.2. The van der Waals surface area contributed by atoms with Gasteiger partial charge in [-0.05, 0) is 48.7 Å². The number of carbonyl (C=O) groups is 2. The van der Waals surface area contributed by atoms with Crippen molar-refractivity contribution in [3.05, 3.63) is 53.9 Å². The molecule has 24 heavy (non-hydrogen) atoms. The van der Waals surface area contributed by atoms with Crippen molar-refractivity contribution in [3.8, 4) is 5.75 Å². The average Bonchev–Trinajstić information content (AvgIpc) is 2.99. The largest absolute Gasteiger partial charge is 0.494 e. The van der Waals surface area contributed by atoms with Gasteiger partial charge in [0.15, 0.2) is 0 Å². The number of nitrogens with zero attached hydrogens (tertiary/aromatic N) is 1. The number of rotatable bonds is 6. The fraction of sp³-hybridized carbons (Fsp3) is 0.333. The summed E-state index contributed by atoms with van der Waals surface area (Å²) >= 11 is 0. The third-order valence-corrected chi connectivity index (χ3v) is 3.55. The lowest BCUT2D eigenvalue weighted by Gasteiger charge is -2.10. The molecule has 0 saturated heterocycles. The van der Waals surface area contributed by atoms with Crippen molar-refractivity contribution in [3.63, 3.8) is 0 Å². The van der Waals surface area contributed by atoms with Crippen LogP contribution in [0.2, 0.25) is 0 Å². The molecule has 0 atom stereocenters. The first kappa shape index (κ1) is 17.6. The van der Waals surface area contributed by atoms with Crippen molar-refractivity contribution in [2.24, 2.45) is 13.0 Å². The fourth-order valence-corrected chi connectivity index (χ4v) is 2.06. The van der Waals surface area contributed by atoms with Crippen LogP contribution in [-0.2, 0) is 7.05 Å². The molecule has 1 heterocycles. The second-order valence-electron chi connectivity index (χ2n) is 5.97. The number of hydrogen-bond acceptors (Lipinski definition) is 3. The van der Waals surface area contributed by atoms with Crippen molar-refractivity contribution >= 4 is 11.8 Å². The SMILES string of the molecule is CC(C)CCOc1ccc(C(=O)NNC(=O)c2cccn2C)cc1. The molecule has 0 bridgehead atoms. The average molecular weight is 329 g/mol. The number of aromatic nitrogens is 1. The second-order valence-corrected chi connectivity index (χ2v) is 5.97. The van der Waals surface area contributed by atoms with E-state index in [0.717, 1.165) is 12.2 Å². The Balaban J connectivity index is 1.84. The molecule has 6 heteroatoms. The fourth-order valence-electron chi connectivity index (χ4n) is 2.06. The molecule has 128 valence electrons. The molecule has 0 saturated carbocycles. The molecular formula is C18H23N3O3. The smallest absolute Gasteiger partial charge is 0.286 e. The summed E-state index contributed by atoms with van der Waals surface area (Å²) in [5.41, 5.74) is 5.70. The van der Waals surface area contributed by atoms with Gasteiger partial charge in [0.1, 0.15) is 11.4 Å². The highest BCUT2D eigenvalue weighted by molar-refractivity contribution is 5.98. The number of nitrogens with one attached hydrogen (secondary N) is 2. The summed E-state index contributed by atoms with van der Waals surface area (Å²) in [4.78, 5) is 24.0. The van der Waals surface area contributed by atoms with Gasteiger partial charge >= 0.3 is 0 Å². The van der Waals surface area contributed by atoms with Crippen LogP contribution in [0.25, 0.3) is 0 Å². The minimum absolute atomic E-state index is 0.371. The lowest BCUT2D eigenvalue weighted by Crippen LogP contribution is -2.42. The summed E-state index contributed by atoms with van der Waals surface area (Å²) in [5.74, 6) is 0.554. The standard InChI is InChI=1S/C18H23N3O3/c1-13(2)10-12-24-15-8-6-14(7-9-15)17(22)19-20-18(23)16-5-4-11-21(16)3/h4-9,11,13H,10,12H2,1-3H3,(H,19,22)(H,20,23). The maximum Gasteiger partial charge on any atom is 0.286 e. The molecular weight excluding hydrogens is 306 g/mol. The van der Waals surface area contributed by atoms with Crippen LogP contribution in [0.15, 0.2) is 42.6 Å². The van der Waals surface area contributed by atoms with Crippen LogP contribution in [0, 0.1) is 5.92 Å². The zero-order valence-electron chi connectivity index (χ0n) is 14.2. The molecule has 2 amide bonds. The van der Waals surface area contributed by atoms with E-state index < -0.39 is 0 Å². The summed E-state index contributed by atoms with van der Waals surface area (Å²) < 4.78 is 7.28. The summed E-state index contributed by atoms with van der Waals surface area (Å²) in [5, 5.41) is 0. The van der Waals surface area contributed by atoms with Crippen molar-refractivity contribution in [2.45, 2.75) is 20.3 Å². The van der Waals surface area contributed by atoms with Gasteiger partial charge < -0.3 is 9.30 Å². The number of hydrogen-bond donors (Lipinski definition) is 2. The molecule has 2 rings (SSSR count). The highest BCUT2D eigenvalue weighted by Gasteiger charge is 2.11. The summed E-state index contributed by atoms with van der Waals surface area (Å²) in [6, 6.07) is 10.2. The number of aryl methyl sites for hydroxylation is 1. The number of carbonyl (C=O) groups excluding carboxylic acids is 2. The van der Waals surface area contributed by atoms with Gasteiger partial charge in [-0.25, -0.2) is 0 Å². The Morgan fingerprint density at radius 2 is 1.75 bits per heavy atom. The van der Waals surface area contributed by atoms with Gasteiger partial charge in [0.2, 0.25) is 0 Å². The van der Waals surface area contributed by atoms with E-state index in [4.69, 9.17) is 4.74 Å². The van der Waals surface area contributed by atoms with Gasteiger partial charge in [-0.3, -0.25) is 20.4 Å². The molecule has 1 aromatic carbocycles. The topological polar surface area (TPSA) is 72.4 Å². The van der Waals surface area contributed by atoms with Crippen LogP contribution in [0.4, 0.5) is 0 Å². The van der Waals surface area contributed by atoms with E-state index >= 15 is 0 Å². The highest BCUT2D eigenvalue weighted by atomic mass is 16.5. The van der Waals surface area contributed by atoms with E-state index in [1.54, 1.807) is 54.2 Å². The minimum Gasteiger partial charge on any atom is -0.494 e. The van der Waals surface area contributed by atoms with Crippen molar-refractivity contribution in [1.29, 1.82) is 0 Å². The van der Waals surface area contributed by atoms with Gasteiger partial charge in [0, 0.05) is 18.8 Å². The molecule has 0 unspecified atom stereocenters. The van der Waals surface area contributed by atoms with E-state index in [1.165, 1.54) is 0 Å². The molecule has 1 aromatic heterocycles. The monoisotopic (exact) mass is 329 g/mol. The number of amides is 2. The van der Waals surface area contributed by atoms with Gasteiger partial charge in [0.25, 0.3) is 11.8 Å². The summed E-state index contributed by atoms with van der Waals surface area (Å²) in [7, 11) is 1.76. The lowest BCUT2D eigenvalue weighted by molar-refractivity contribution is 0.0842. The van der Waals surface area contributed by atoms with Crippen molar-refractivity contribution in [1.82, 2.24) is 15.4 Å². The molecule has 0 fully saturated rings. The van der Waals surface area contributed by atoms with Crippen LogP contribution in [0.5, 0.6) is 5.75 Å². The Morgan fingerprint density at radius 1 is 1.08 bits per heavy atom. The molecule has 0 aliphatic rings. The number of benzene rings is 1. The van der Waals surface area contributed by atoms with E-state index in [-0.39, 0.29) is 11.8 Å². The molecule has 0 radical (unpaired) electrons.